The number of aryl methyl sites for hydroxylation is 1. The summed E-state index contributed by atoms with van der Waals surface area (Å²) in [6.45, 7) is 1.95. The van der Waals surface area contributed by atoms with Crippen molar-refractivity contribution in [2.24, 2.45) is 0 Å². The van der Waals surface area contributed by atoms with Gasteiger partial charge in [0.25, 0.3) is 0 Å². The van der Waals surface area contributed by atoms with Crippen molar-refractivity contribution < 1.29 is 14.3 Å². The molecule has 0 atom stereocenters. The van der Waals surface area contributed by atoms with E-state index in [2.05, 4.69) is 0 Å². The lowest BCUT2D eigenvalue weighted by atomic mass is 9.83. The van der Waals surface area contributed by atoms with Gasteiger partial charge in [-0.2, -0.15) is 0 Å². The van der Waals surface area contributed by atoms with Crippen LogP contribution in [0.1, 0.15) is 32.6 Å². The highest BCUT2D eigenvalue weighted by molar-refractivity contribution is 6.14. The number of rotatable bonds is 2. The molecule has 3 nitrogen and oxygen atoms in total. The zero-order valence-corrected chi connectivity index (χ0v) is 11.8. The van der Waals surface area contributed by atoms with Gasteiger partial charge in [0.05, 0.1) is 19.8 Å². The molecule has 1 aliphatic carbocycles. The molecule has 20 heavy (non-hydrogen) atoms. The predicted molar refractivity (Wildman–Crippen MR) is 77.0 cm³/mol. The molecule has 0 bridgehead atoms. The molecule has 102 valence electrons. The van der Waals surface area contributed by atoms with Crippen molar-refractivity contribution in [3.63, 3.8) is 0 Å². The SMILES string of the molecule is COc1cccc2c1Cc1ccc(C)c(OC)c1C2=O. The summed E-state index contributed by atoms with van der Waals surface area (Å²) in [5.74, 6) is 1.46. The molecule has 0 aromatic heterocycles. The van der Waals surface area contributed by atoms with Gasteiger partial charge in [0.1, 0.15) is 11.5 Å². The van der Waals surface area contributed by atoms with Crippen LogP contribution in [-0.2, 0) is 6.42 Å². The van der Waals surface area contributed by atoms with Gasteiger partial charge in [-0.05, 0) is 24.1 Å². The molecule has 0 unspecified atom stereocenters. The minimum atomic E-state index is 0.0145. The summed E-state index contributed by atoms with van der Waals surface area (Å²) < 4.78 is 10.8. The van der Waals surface area contributed by atoms with Crippen LogP contribution in [0, 0.1) is 6.92 Å². The molecule has 2 aromatic rings. The largest absolute Gasteiger partial charge is 0.496 e. The van der Waals surface area contributed by atoms with E-state index in [1.807, 2.05) is 37.3 Å². The van der Waals surface area contributed by atoms with Crippen molar-refractivity contribution in [2.75, 3.05) is 14.2 Å². The topological polar surface area (TPSA) is 35.5 Å². The van der Waals surface area contributed by atoms with Gasteiger partial charge in [-0.15, -0.1) is 0 Å². The van der Waals surface area contributed by atoms with Crippen molar-refractivity contribution >= 4 is 5.78 Å². The lowest BCUT2D eigenvalue weighted by molar-refractivity contribution is 0.103. The Bertz CT molecular complexity index is 702. The number of carbonyl (C=O) groups excluding carboxylic acids is 1. The molecule has 0 fully saturated rings. The second kappa shape index (κ2) is 4.67. The Morgan fingerprint density at radius 1 is 1.05 bits per heavy atom. The van der Waals surface area contributed by atoms with Crippen LogP contribution in [0.4, 0.5) is 0 Å². The van der Waals surface area contributed by atoms with Gasteiger partial charge in [0, 0.05) is 17.5 Å². The number of ketones is 1. The molecule has 0 radical (unpaired) electrons. The van der Waals surface area contributed by atoms with Crippen molar-refractivity contribution in [3.8, 4) is 11.5 Å². The second-order valence-corrected chi connectivity index (χ2v) is 4.94. The van der Waals surface area contributed by atoms with Crippen LogP contribution >= 0.6 is 0 Å². The summed E-state index contributed by atoms with van der Waals surface area (Å²) in [5.41, 5.74) is 4.33. The number of ether oxygens (including phenoxy) is 2. The highest BCUT2D eigenvalue weighted by Crippen LogP contribution is 2.38. The van der Waals surface area contributed by atoms with E-state index in [0.717, 1.165) is 22.4 Å². The van der Waals surface area contributed by atoms with Crippen molar-refractivity contribution in [2.45, 2.75) is 13.3 Å². The number of benzene rings is 2. The van der Waals surface area contributed by atoms with Gasteiger partial charge in [0.2, 0.25) is 0 Å². The first kappa shape index (κ1) is 12.7. The lowest BCUT2D eigenvalue weighted by Gasteiger charge is -2.23. The van der Waals surface area contributed by atoms with E-state index in [9.17, 15) is 4.79 Å². The molecule has 0 aliphatic heterocycles. The zero-order valence-electron chi connectivity index (χ0n) is 11.8. The van der Waals surface area contributed by atoms with Gasteiger partial charge in [0.15, 0.2) is 5.78 Å². The predicted octanol–water partition coefficient (Wildman–Crippen LogP) is 3.15. The first-order valence-electron chi connectivity index (χ1n) is 6.54. The highest BCUT2D eigenvalue weighted by Gasteiger charge is 2.29. The maximum atomic E-state index is 12.8. The monoisotopic (exact) mass is 268 g/mol. The fourth-order valence-electron chi connectivity index (χ4n) is 2.86. The highest BCUT2D eigenvalue weighted by atomic mass is 16.5. The quantitative estimate of drug-likeness (QED) is 0.716. The summed E-state index contributed by atoms with van der Waals surface area (Å²) in [7, 11) is 3.24. The smallest absolute Gasteiger partial charge is 0.197 e. The van der Waals surface area contributed by atoms with Gasteiger partial charge in [-0.25, -0.2) is 0 Å². The van der Waals surface area contributed by atoms with Crippen LogP contribution in [0.2, 0.25) is 0 Å². The number of carbonyl (C=O) groups is 1. The molecular formula is C17H16O3. The summed E-state index contributed by atoms with van der Waals surface area (Å²) in [6.07, 6.45) is 0.692. The number of hydrogen-bond donors (Lipinski definition) is 0. The third kappa shape index (κ3) is 1.70. The van der Waals surface area contributed by atoms with Gasteiger partial charge < -0.3 is 9.47 Å². The molecule has 0 saturated carbocycles. The fourth-order valence-corrected chi connectivity index (χ4v) is 2.86. The van der Waals surface area contributed by atoms with Crippen LogP contribution in [0.15, 0.2) is 30.3 Å². The molecule has 2 aromatic carbocycles. The second-order valence-electron chi connectivity index (χ2n) is 4.94. The number of fused-ring (bicyclic) bond motifs is 2. The molecule has 3 heteroatoms. The molecular weight excluding hydrogens is 252 g/mol. The molecule has 0 spiro atoms. The Kier molecular flexibility index (Phi) is 2.97. The normalized spacial score (nSPS) is 12.7. The fraction of sp³-hybridized carbons (Fsp3) is 0.235. The molecule has 0 amide bonds. The van der Waals surface area contributed by atoms with Crippen LogP contribution in [0.5, 0.6) is 11.5 Å². The average Bonchev–Trinajstić information content (AvgIpc) is 2.47. The summed E-state index contributed by atoms with van der Waals surface area (Å²) >= 11 is 0. The van der Waals surface area contributed by atoms with Crippen LogP contribution in [0.25, 0.3) is 0 Å². The molecule has 1 aliphatic rings. The Morgan fingerprint density at radius 2 is 1.85 bits per heavy atom. The maximum absolute atomic E-state index is 12.8. The van der Waals surface area contributed by atoms with Crippen LogP contribution in [-0.4, -0.2) is 20.0 Å². The summed E-state index contributed by atoms with van der Waals surface area (Å²) in [5, 5.41) is 0. The van der Waals surface area contributed by atoms with E-state index < -0.39 is 0 Å². The average molecular weight is 268 g/mol. The third-order valence-corrected chi connectivity index (χ3v) is 3.84. The van der Waals surface area contributed by atoms with Gasteiger partial charge >= 0.3 is 0 Å². The molecule has 0 heterocycles. The minimum absolute atomic E-state index is 0.0145. The van der Waals surface area contributed by atoms with Crippen LogP contribution in [0.3, 0.4) is 0 Å². The maximum Gasteiger partial charge on any atom is 0.197 e. The first-order chi connectivity index (χ1) is 9.67. The first-order valence-corrected chi connectivity index (χ1v) is 6.54. The van der Waals surface area contributed by atoms with Crippen molar-refractivity contribution in [1.82, 2.24) is 0 Å². The standard InChI is InChI=1S/C17H16O3/c1-10-7-8-11-9-13-12(5-4-6-14(13)19-2)16(18)15(11)17(10)20-3/h4-8H,9H2,1-3H3. The van der Waals surface area contributed by atoms with Crippen molar-refractivity contribution in [1.29, 1.82) is 0 Å². The Balaban J connectivity index is 2.25. The molecule has 0 saturated heterocycles. The summed E-state index contributed by atoms with van der Waals surface area (Å²) in [6, 6.07) is 9.59. The third-order valence-electron chi connectivity index (χ3n) is 3.84. The Morgan fingerprint density at radius 3 is 2.55 bits per heavy atom. The van der Waals surface area contributed by atoms with Gasteiger partial charge in [-0.3, -0.25) is 4.79 Å². The number of hydrogen-bond acceptors (Lipinski definition) is 3. The zero-order chi connectivity index (χ0) is 14.3. The summed E-state index contributed by atoms with van der Waals surface area (Å²) in [4.78, 5) is 12.8. The van der Waals surface area contributed by atoms with E-state index in [1.165, 1.54) is 0 Å². The molecule has 0 N–H and O–H groups in total. The van der Waals surface area contributed by atoms with E-state index in [-0.39, 0.29) is 5.78 Å². The van der Waals surface area contributed by atoms with E-state index in [0.29, 0.717) is 23.3 Å². The van der Waals surface area contributed by atoms with Gasteiger partial charge in [-0.1, -0.05) is 24.3 Å². The molecule has 3 rings (SSSR count). The van der Waals surface area contributed by atoms with E-state index >= 15 is 0 Å². The van der Waals surface area contributed by atoms with E-state index in [4.69, 9.17) is 9.47 Å². The van der Waals surface area contributed by atoms with Crippen LogP contribution < -0.4 is 9.47 Å². The van der Waals surface area contributed by atoms with Crippen molar-refractivity contribution in [3.05, 3.63) is 58.1 Å². The number of methoxy groups -OCH3 is 2. The Hall–Kier alpha value is -2.29. The lowest BCUT2D eigenvalue weighted by Crippen LogP contribution is -2.17. The minimum Gasteiger partial charge on any atom is -0.496 e. The Labute approximate surface area is 118 Å². The van der Waals surface area contributed by atoms with E-state index in [1.54, 1.807) is 14.2 Å².